The number of sulfonamides is 1. The van der Waals surface area contributed by atoms with Gasteiger partial charge in [-0.1, -0.05) is 6.07 Å². The summed E-state index contributed by atoms with van der Waals surface area (Å²) in [6.45, 7) is 1.54. The molecule has 0 spiro atoms. The monoisotopic (exact) mass is 378 g/mol. The summed E-state index contributed by atoms with van der Waals surface area (Å²) in [5, 5.41) is 7.62. The molecule has 0 bridgehead atoms. The van der Waals surface area contributed by atoms with Crippen LogP contribution in [0.2, 0.25) is 0 Å². The SMILES string of the molecule is COC(=O)c1cccc(O[C@H](C)C(=O)Nc2ccc(S(N)(=O)=O)cc2)c1. The van der Waals surface area contributed by atoms with Crippen LogP contribution in [-0.4, -0.2) is 33.5 Å². The Balaban J connectivity index is 2.03. The van der Waals surface area contributed by atoms with Crippen molar-refractivity contribution < 1.29 is 27.5 Å². The molecule has 0 heterocycles. The second kappa shape index (κ2) is 7.98. The lowest BCUT2D eigenvalue weighted by molar-refractivity contribution is -0.122. The fourth-order valence-corrected chi connectivity index (χ4v) is 2.56. The number of primary sulfonamides is 1. The van der Waals surface area contributed by atoms with Crippen molar-refractivity contribution in [3.05, 3.63) is 54.1 Å². The Labute approximate surface area is 151 Å². The lowest BCUT2D eigenvalue weighted by Gasteiger charge is -2.15. The fourth-order valence-electron chi connectivity index (χ4n) is 2.04. The van der Waals surface area contributed by atoms with Crippen LogP contribution in [0.15, 0.2) is 53.4 Å². The Morgan fingerprint density at radius 1 is 1.12 bits per heavy atom. The Bertz CT molecular complexity index is 909. The molecule has 0 unspecified atom stereocenters. The van der Waals surface area contributed by atoms with Crippen molar-refractivity contribution in [2.45, 2.75) is 17.9 Å². The van der Waals surface area contributed by atoms with Crippen LogP contribution in [0.3, 0.4) is 0 Å². The molecule has 26 heavy (non-hydrogen) atoms. The molecule has 138 valence electrons. The molecular weight excluding hydrogens is 360 g/mol. The largest absolute Gasteiger partial charge is 0.481 e. The number of carbonyl (C=O) groups excluding carboxylic acids is 2. The third-order valence-electron chi connectivity index (χ3n) is 3.39. The van der Waals surface area contributed by atoms with E-state index in [1.165, 1.54) is 37.4 Å². The number of anilines is 1. The van der Waals surface area contributed by atoms with Gasteiger partial charge in [0.05, 0.1) is 17.6 Å². The molecule has 2 aromatic rings. The van der Waals surface area contributed by atoms with Crippen LogP contribution < -0.4 is 15.2 Å². The number of methoxy groups -OCH3 is 1. The van der Waals surface area contributed by atoms with Gasteiger partial charge in [-0.15, -0.1) is 0 Å². The Hall–Kier alpha value is -2.91. The van der Waals surface area contributed by atoms with Crippen LogP contribution in [0.25, 0.3) is 0 Å². The highest BCUT2D eigenvalue weighted by molar-refractivity contribution is 7.89. The second-order valence-electron chi connectivity index (χ2n) is 5.34. The van der Waals surface area contributed by atoms with Gasteiger partial charge in [0.2, 0.25) is 10.0 Å². The number of carbonyl (C=O) groups is 2. The van der Waals surface area contributed by atoms with Crippen LogP contribution in [0.4, 0.5) is 5.69 Å². The number of rotatable bonds is 6. The van der Waals surface area contributed by atoms with E-state index in [1.807, 2.05) is 0 Å². The minimum absolute atomic E-state index is 0.0561. The van der Waals surface area contributed by atoms with E-state index < -0.39 is 28.0 Å². The van der Waals surface area contributed by atoms with E-state index in [9.17, 15) is 18.0 Å². The van der Waals surface area contributed by atoms with Crippen molar-refractivity contribution in [2.24, 2.45) is 5.14 Å². The van der Waals surface area contributed by atoms with Crippen molar-refractivity contribution in [3.63, 3.8) is 0 Å². The summed E-state index contributed by atoms with van der Waals surface area (Å²) in [6.07, 6.45) is -0.860. The summed E-state index contributed by atoms with van der Waals surface area (Å²) >= 11 is 0. The summed E-state index contributed by atoms with van der Waals surface area (Å²) in [7, 11) is -2.52. The quantitative estimate of drug-likeness (QED) is 0.735. The standard InChI is InChI=1S/C17H18N2O6S/c1-11(25-14-5-3-4-12(10-14)17(21)24-2)16(20)19-13-6-8-15(9-7-13)26(18,22)23/h3-11H,1-2H3,(H,19,20)(H2,18,22,23)/t11-/m1/s1. The van der Waals surface area contributed by atoms with Gasteiger partial charge in [-0.2, -0.15) is 0 Å². The number of esters is 1. The number of hydrogen-bond donors (Lipinski definition) is 2. The molecule has 9 heteroatoms. The molecule has 0 aromatic heterocycles. The van der Waals surface area contributed by atoms with Crippen molar-refractivity contribution in [3.8, 4) is 5.75 Å². The lowest BCUT2D eigenvalue weighted by Crippen LogP contribution is -2.30. The molecule has 1 amide bonds. The maximum Gasteiger partial charge on any atom is 0.337 e. The average molecular weight is 378 g/mol. The van der Waals surface area contributed by atoms with Gasteiger partial charge < -0.3 is 14.8 Å². The minimum Gasteiger partial charge on any atom is -0.481 e. The smallest absolute Gasteiger partial charge is 0.337 e. The number of benzene rings is 2. The van der Waals surface area contributed by atoms with E-state index in [-0.39, 0.29) is 4.90 Å². The molecule has 0 aliphatic carbocycles. The predicted octanol–water partition coefficient (Wildman–Crippen LogP) is 1.53. The van der Waals surface area contributed by atoms with E-state index in [0.29, 0.717) is 17.0 Å². The molecule has 0 saturated carbocycles. The highest BCUT2D eigenvalue weighted by Crippen LogP contribution is 2.17. The molecule has 0 aliphatic heterocycles. The third kappa shape index (κ3) is 5.04. The summed E-state index contributed by atoms with van der Waals surface area (Å²) < 4.78 is 32.6. The molecule has 2 aromatic carbocycles. The Kier molecular flexibility index (Phi) is 5.96. The number of ether oxygens (including phenoxy) is 2. The highest BCUT2D eigenvalue weighted by atomic mass is 32.2. The van der Waals surface area contributed by atoms with Gasteiger partial charge in [0, 0.05) is 5.69 Å². The Morgan fingerprint density at radius 2 is 1.77 bits per heavy atom. The van der Waals surface area contributed by atoms with Crippen molar-refractivity contribution in [2.75, 3.05) is 12.4 Å². The van der Waals surface area contributed by atoms with Crippen LogP contribution in [0.5, 0.6) is 5.75 Å². The molecule has 3 N–H and O–H groups in total. The second-order valence-corrected chi connectivity index (χ2v) is 6.90. The normalized spacial score (nSPS) is 12.1. The summed E-state index contributed by atoms with van der Waals surface area (Å²) in [5.41, 5.74) is 0.692. The third-order valence-corrected chi connectivity index (χ3v) is 4.32. The fraction of sp³-hybridized carbons (Fsp3) is 0.176. The summed E-state index contributed by atoms with van der Waals surface area (Å²) in [4.78, 5) is 23.7. The maximum absolute atomic E-state index is 12.2. The molecule has 0 saturated heterocycles. The van der Waals surface area contributed by atoms with Gasteiger partial charge in [-0.25, -0.2) is 18.4 Å². The van der Waals surface area contributed by atoms with Gasteiger partial charge in [-0.3, -0.25) is 4.79 Å². The van der Waals surface area contributed by atoms with E-state index in [2.05, 4.69) is 10.1 Å². The summed E-state index contributed by atoms with van der Waals surface area (Å²) in [5.74, 6) is -0.626. The zero-order valence-electron chi connectivity index (χ0n) is 14.1. The Morgan fingerprint density at radius 3 is 2.35 bits per heavy atom. The zero-order chi connectivity index (χ0) is 19.3. The first-order valence-corrected chi connectivity index (χ1v) is 9.04. The molecule has 8 nitrogen and oxygen atoms in total. The first-order chi connectivity index (χ1) is 12.2. The van der Waals surface area contributed by atoms with E-state index in [1.54, 1.807) is 25.1 Å². The van der Waals surface area contributed by atoms with Gasteiger partial charge in [0.1, 0.15) is 5.75 Å². The average Bonchev–Trinajstić information content (AvgIpc) is 2.60. The molecule has 0 fully saturated rings. The number of nitrogens with two attached hydrogens (primary N) is 1. The first kappa shape index (κ1) is 19.4. The van der Waals surface area contributed by atoms with Crippen LogP contribution in [0, 0.1) is 0 Å². The van der Waals surface area contributed by atoms with Crippen molar-refractivity contribution in [1.29, 1.82) is 0 Å². The van der Waals surface area contributed by atoms with Crippen LogP contribution >= 0.6 is 0 Å². The van der Waals surface area contributed by atoms with Crippen molar-refractivity contribution in [1.82, 2.24) is 0 Å². The zero-order valence-corrected chi connectivity index (χ0v) is 14.9. The van der Waals surface area contributed by atoms with E-state index in [4.69, 9.17) is 9.88 Å². The van der Waals surface area contributed by atoms with Crippen LogP contribution in [0.1, 0.15) is 17.3 Å². The number of hydrogen-bond acceptors (Lipinski definition) is 6. The molecular formula is C17H18N2O6S. The molecule has 2 rings (SSSR count). The topological polar surface area (TPSA) is 125 Å². The predicted molar refractivity (Wildman–Crippen MR) is 94.3 cm³/mol. The van der Waals surface area contributed by atoms with E-state index >= 15 is 0 Å². The lowest BCUT2D eigenvalue weighted by atomic mass is 10.2. The maximum atomic E-state index is 12.2. The van der Waals surface area contributed by atoms with Gasteiger partial charge in [0.15, 0.2) is 6.10 Å². The van der Waals surface area contributed by atoms with Gasteiger partial charge >= 0.3 is 5.97 Å². The highest BCUT2D eigenvalue weighted by Gasteiger charge is 2.16. The van der Waals surface area contributed by atoms with Crippen molar-refractivity contribution >= 4 is 27.6 Å². The number of nitrogens with one attached hydrogen (secondary N) is 1. The first-order valence-electron chi connectivity index (χ1n) is 7.49. The molecule has 1 atom stereocenters. The minimum atomic E-state index is -3.79. The van der Waals surface area contributed by atoms with Gasteiger partial charge in [0.25, 0.3) is 5.91 Å². The number of amides is 1. The van der Waals surface area contributed by atoms with Crippen LogP contribution in [-0.2, 0) is 19.6 Å². The molecule has 0 radical (unpaired) electrons. The summed E-state index contributed by atoms with van der Waals surface area (Å²) in [6, 6.07) is 11.7. The van der Waals surface area contributed by atoms with E-state index in [0.717, 1.165) is 0 Å². The molecule has 0 aliphatic rings. The van der Waals surface area contributed by atoms with Gasteiger partial charge in [-0.05, 0) is 49.4 Å².